The highest BCUT2D eigenvalue weighted by atomic mass is 16.5. The van der Waals surface area contributed by atoms with E-state index in [1.165, 1.54) is 5.69 Å². The molecule has 0 spiro atoms. The number of morpholine rings is 1. The van der Waals surface area contributed by atoms with E-state index in [4.69, 9.17) is 4.74 Å². The summed E-state index contributed by atoms with van der Waals surface area (Å²) in [6, 6.07) is 8.32. The first-order chi connectivity index (χ1) is 9.99. The van der Waals surface area contributed by atoms with E-state index in [0.29, 0.717) is 0 Å². The molecule has 0 saturated carbocycles. The van der Waals surface area contributed by atoms with Crippen LogP contribution in [0.15, 0.2) is 29.3 Å². The Kier molecular flexibility index (Phi) is 5.07. The molecule has 1 aromatic carbocycles. The van der Waals surface area contributed by atoms with E-state index in [9.17, 15) is 0 Å². The first-order valence-electron chi connectivity index (χ1n) is 7.43. The van der Waals surface area contributed by atoms with Gasteiger partial charge in [-0.15, -0.1) is 0 Å². The van der Waals surface area contributed by atoms with Crippen LogP contribution in [0.1, 0.15) is 20.8 Å². The van der Waals surface area contributed by atoms with E-state index in [0.717, 1.165) is 38.0 Å². The fraction of sp³-hybridized carbons (Fsp3) is 0.562. The van der Waals surface area contributed by atoms with Crippen molar-refractivity contribution in [2.45, 2.75) is 26.3 Å². The van der Waals surface area contributed by atoms with Crippen LogP contribution >= 0.6 is 0 Å². The van der Waals surface area contributed by atoms with Gasteiger partial charge in [-0.2, -0.15) is 0 Å². The molecular weight excluding hydrogens is 264 g/mol. The summed E-state index contributed by atoms with van der Waals surface area (Å²) in [5, 5.41) is 6.79. The average molecular weight is 290 g/mol. The van der Waals surface area contributed by atoms with Crippen molar-refractivity contribution in [2.24, 2.45) is 4.99 Å². The molecule has 5 heteroatoms. The van der Waals surface area contributed by atoms with Crippen LogP contribution in [0.2, 0.25) is 0 Å². The number of ether oxygens (including phenoxy) is 1. The standard InChI is InChI=1S/C16H26N4O/c1-16(2,3)19-15(17-4)18-13-7-5-6-8-14(13)20-9-11-21-12-10-20/h5-8H,9-12H2,1-4H3,(H2,17,18,19). The molecule has 1 aliphatic heterocycles. The highest BCUT2D eigenvalue weighted by molar-refractivity contribution is 5.97. The predicted octanol–water partition coefficient (Wildman–Crippen LogP) is 2.31. The maximum absolute atomic E-state index is 5.43. The van der Waals surface area contributed by atoms with Gasteiger partial charge in [0.1, 0.15) is 0 Å². The van der Waals surface area contributed by atoms with E-state index in [-0.39, 0.29) is 5.54 Å². The average Bonchev–Trinajstić information content (AvgIpc) is 2.46. The van der Waals surface area contributed by atoms with Gasteiger partial charge in [0, 0.05) is 25.7 Å². The van der Waals surface area contributed by atoms with Gasteiger partial charge in [-0.05, 0) is 32.9 Å². The number of benzene rings is 1. The van der Waals surface area contributed by atoms with Crippen molar-refractivity contribution in [2.75, 3.05) is 43.6 Å². The Bertz CT molecular complexity index is 487. The molecule has 21 heavy (non-hydrogen) atoms. The molecule has 1 heterocycles. The second kappa shape index (κ2) is 6.80. The molecule has 1 saturated heterocycles. The van der Waals surface area contributed by atoms with Crippen LogP contribution in [-0.4, -0.2) is 44.8 Å². The van der Waals surface area contributed by atoms with Gasteiger partial charge in [0.25, 0.3) is 0 Å². The lowest BCUT2D eigenvalue weighted by molar-refractivity contribution is 0.123. The lowest BCUT2D eigenvalue weighted by atomic mass is 10.1. The van der Waals surface area contributed by atoms with Crippen LogP contribution < -0.4 is 15.5 Å². The van der Waals surface area contributed by atoms with Crippen molar-refractivity contribution >= 4 is 17.3 Å². The summed E-state index contributed by atoms with van der Waals surface area (Å²) in [7, 11) is 1.79. The number of aliphatic imine (C=N–C) groups is 1. The first kappa shape index (κ1) is 15.6. The summed E-state index contributed by atoms with van der Waals surface area (Å²) < 4.78 is 5.43. The molecule has 0 radical (unpaired) electrons. The molecule has 2 rings (SSSR count). The van der Waals surface area contributed by atoms with Gasteiger partial charge >= 0.3 is 0 Å². The zero-order valence-electron chi connectivity index (χ0n) is 13.4. The van der Waals surface area contributed by atoms with Gasteiger partial charge in [0.2, 0.25) is 0 Å². The van der Waals surface area contributed by atoms with E-state index >= 15 is 0 Å². The molecular formula is C16H26N4O. The van der Waals surface area contributed by atoms with Crippen molar-refractivity contribution < 1.29 is 4.74 Å². The maximum atomic E-state index is 5.43. The molecule has 0 aromatic heterocycles. The molecule has 5 nitrogen and oxygen atoms in total. The molecule has 116 valence electrons. The summed E-state index contributed by atoms with van der Waals surface area (Å²) in [5.74, 6) is 0.781. The minimum Gasteiger partial charge on any atom is -0.378 e. The number of nitrogens with zero attached hydrogens (tertiary/aromatic N) is 2. The van der Waals surface area contributed by atoms with Crippen LogP contribution in [-0.2, 0) is 4.74 Å². The van der Waals surface area contributed by atoms with Crippen molar-refractivity contribution in [1.82, 2.24) is 5.32 Å². The molecule has 0 bridgehead atoms. The molecule has 1 fully saturated rings. The number of nitrogens with one attached hydrogen (secondary N) is 2. The van der Waals surface area contributed by atoms with Gasteiger partial charge in [-0.3, -0.25) is 4.99 Å². The lowest BCUT2D eigenvalue weighted by Crippen LogP contribution is -2.44. The van der Waals surface area contributed by atoms with Gasteiger partial charge in [-0.25, -0.2) is 0 Å². The summed E-state index contributed by atoms with van der Waals surface area (Å²) >= 11 is 0. The summed E-state index contributed by atoms with van der Waals surface area (Å²) in [5.41, 5.74) is 2.23. The van der Waals surface area contributed by atoms with E-state index in [1.807, 2.05) is 6.07 Å². The van der Waals surface area contributed by atoms with Gasteiger partial charge in [-0.1, -0.05) is 12.1 Å². The Labute approximate surface area is 127 Å². The largest absolute Gasteiger partial charge is 0.378 e. The van der Waals surface area contributed by atoms with Crippen molar-refractivity contribution in [1.29, 1.82) is 0 Å². The normalized spacial score (nSPS) is 16.8. The fourth-order valence-electron chi connectivity index (χ4n) is 2.29. The van der Waals surface area contributed by atoms with Gasteiger partial charge in [0.15, 0.2) is 5.96 Å². The van der Waals surface area contributed by atoms with E-state index < -0.39 is 0 Å². The van der Waals surface area contributed by atoms with Crippen LogP contribution in [0.5, 0.6) is 0 Å². The third kappa shape index (κ3) is 4.63. The molecule has 1 aromatic rings. The van der Waals surface area contributed by atoms with E-state index in [2.05, 4.69) is 59.5 Å². The zero-order valence-corrected chi connectivity index (χ0v) is 13.4. The first-order valence-corrected chi connectivity index (χ1v) is 7.43. The molecule has 0 unspecified atom stereocenters. The molecule has 2 N–H and O–H groups in total. The van der Waals surface area contributed by atoms with Crippen LogP contribution in [0.3, 0.4) is 0 Å². The highest BCUT2D eigenvalue weighted by Gasteiger charge is 2.17. The highest BCUT2D eigenvalue weighted by Crippen LogP contribution is 2.26. The maximum Gasteiger partial charge on any atom is 0.195 e. The monoisotopic (exact) mass is 290 g/mol. The fourth-order valence-corrected chi connectivity index (χ4v) is 2.29. The Morgan fingerprint density at radius 1 is 1.19 bits per heavy atom. The second-order valence-electron chi connectivity index (χ2n) is 6.19. The molecule has 0 aliphatic carbocycles. The Morgan fingerprint density at radius 2 is 1.86 bits per heavy atom. The topological polar surface area (TPSA) is 48.9 Å². The zero-order chi connectivity index (χ0) is 15.3. The Balaban J connectivity index is 2.15. The summed E-state index contributed by atoms with van der Waals surface area (Å²) in [6.07, 6.45) is 0. The second-order valence-corrected chi connectivity index (χ2v) is 6.19. The van der Waals surface area contributed by atoms with Crippen molar-refractivity contribution in [3.05, 3.63) is 24.3 Å². The SMILES string of the molecule is CN=C(Nc1ccccc1N1CCOCC1)NC(C)(C)C. The van der Waals surface area contributed by atoms with Crippen molar-refractivity contribution in [3.63, 3.8) is 0 Å². The molecule has 0 atom stereocenters. The minimum atomic E-state index is -0.0320. The minimum absolute atomic E-state index is 0.0320. The summed E-state index contributed by atoms with van der Waals surface area (Å²) in [6.45, 7) is 9.76. The number of hydrogen-bond acceptors (Lipinski definition) is 3. The smallest absolute Gasteiger partial charge is 0.195 e. The third-order valence-corrected chi connectivity index (χ3v) is 3.23. The number of rotatable bonds is 2. The Morgan fingerprint density at radius 3 is 2.48 bits per heavy atom. The number of anilines is 2. The van der Waals surface area contributed by atoms with Gasteiger partial charge < -0.3 is 20.3 Å². The lowest BCUT2D eigenvalue weighted by Gasteiger charge is -2.31. The number of guanidine groups is 1. The van der Waals surface area contributed by atoms with Crippen LogP contribution in [0, 0.1) is 0 Å². The van der Waals surface area contributed by atoms with Crippen LogP contribution in [0.4, 0.5) is 11.4 Å². The predicted molar refractivity (Wildman–Crippen MR) is 89.3 cm³/mol. The summed E-state index contributed by atoms with van der Waals surface area (Å²) in [4.78, 5) is 6.65. The number of hydrogen-bond donors (Lipinski definition) is 2. The molecule has 0 amide bonds. The van der Waals surface area contributed by atoms with Crippen molar-refractivity contribution in [3.8, 4) is 0 Å². The van der Waals surface area contributed by atoms with Gasteiger partial charge in [0.05, 0.1) is 24.6 Å². The van der Waals surface area contributed by atoms with Crippen LogP contribution in [0.25, 0.3) is 0 Å². The number of para-hydroxylation sites is 2. The molecule has 1 aliphatic rings. The van der Waals surface area contributed by atoms with E-state index in [1.54, 1.807) is 7.05 Å². The Hall–Kier alpha value is -1.75. The third-order valence-electron chi connectivity index (χ3n) is 3.23. The quantitative estimate of drug-likeness (QED) is 0.648.